The smallest absolute Gasteiger partial charge is 0.0796 e. The standard InChI is InChI=1S/C19H21ClO/c1-13-9-16(11-17(20)10-13)19(21)12-15-7-4-6-14-5-2-3-8-18(14)15/h2-3,5,8-11,15,19,21H,4,6-7,12H2,1H3. The highest BCUT2D eigenvalue weighted by Gasteiger charge is 2.23. The van der Waals surface area contributed by atoms with Crippen LogP contribution < -0.4 is 0 Å². The van der Waals surface area contributed by atoms with Crippen LogP contribution in [-0.2, 0) is 6.42 Å². The highest BCUT2D eigenvalue weighted by atomic mass is 35.5. The first-order chi connectivity index (χ1) is 10.1. The highest BCUT2D eigenvalue weighted by molar-refractivity contribution is 6.30. The maximum Gasteiger partial charge on any atom is 0.0796 e. The van der Waals surface area contributed by atoms with E-state index in [0.29, 0.717) is 10.9 Å². The second-order valence-corrected chi connectivity index (χ2v) is 6.54. The van der Waals surface area contributed by atoms with Crippen LogP contribution in [-0.4, -0.2) is 5.11 Å². The lowest BCUT2D eigenvalue weighted by molar-refractivity contribution is 0.154. The SMILES string of the molecule is Cc1cc(Cl)cc(C(O)CC2CCCc3ccccc32)c1. The van der Waals surface area contributed by atoms with Gasteiger partial charge in [0.2, 0.25) is 0 Å². The van der Waals surface area contributed by atoms with Crippen molar-refractivity contribution in [3.05, 3.63) is 69.7 Å². The van der Waals surface area contributed by atoms with E-state index in [4.69, 9.17) is 11.6 Å². The molecule has 1 N–H and O–H groups in total. The molecule has 1 aliphatic rings. The molecule has 2 atom stereocenters. The predicted octanol–water partition coefficient (Wildman–Crippen LogP) is 5.19. The van der Waals surface area contributed by atoms with E-state index >= 15 is 0 Å². The van der Waals surface area contributed by atoms with Crippen LogP contribution in [0, 0.1) is 6.92 Å². The molecule has 0 aliphatic heterocycles. The Morgan fingerprint density at radius 3 is 2.86 bits per heavy atom. The zero-order valence-electron chi connectivity index (χ0n) is 12.3. The molecule has 0 saturated carbocycles. The Balaban J connectivity index is 1.81. The maximum absolute atomic E-state index is 10.6. The number of hydrogen-bond acceptors (Lipinski definition) is 1. The minimum atomic E-state index is -0.446. The van der Waals surface area contributed by atoms with Crippen molar-refractivity contribution in [2.45, 2.75) is 44.6 Å². The van der Waals surface area contributed by atoms with Crippen molar-refractivity contribution in [3.63, 3.8) is 0 Å². The van der Waals surface area contributed by atoms with Crippen molar-refractivity contribution in [1.29, 1.82) is 0 Å². The van der Waals surface area contributed by atoms with Gasteiger partial charge in [-0.3, -0.25) is 0 Å². The molecule has 0 amide bonds. The van der Waals surface area contributed by atoms with Gasteiger partial charge in [-0.25, -0.2) is 0 Å². The van der Waals surface area contributed by atoms with Gasteiger partial charge in [0.25, 0.3) is 0 Å². The molecule has 0 radical (unpaired) electrons. The molecule has 0 aromatic heterocycles. The molecule has 0 spiro atoms. The van der Waals surface area contributed by atoms with Crippen molar-refractivity contribution in [1.82, 2.24) is 0 Å². The third-order valence-electron chi connectivity index (χ3n) is 4.45. The molecule has 2 unspecified atom stereocenters. The fraction of sp³-hybridized carbons (Fsp3) is 0.368. The van der Waals surface area contributed by atoms with E-state index in [9.17, 15) is 5.11 Å². The molecule has 2 aromatic carbocycles. The lowest BCUT2D eigenvalue weighted by atomic mass is 9.79. The number of rotatable bonds is 3. The molecular formula is C19H21ClO. The summed E-state index contributed by atoms with van der Waals surface area (Å²) in [5.74, 6) is 0.448. The monoisotopic (exact) mass is 300 g/mol. The van der Waals surface area contributed by atoms with E-state index in [1.54, 1.807) is 0 Å². The van der Waals surface area contributed by atoms with Crippen molar-refractivity contribution in [3.8, 4) is 0 Å². The van der Waals surface area contributed by atoms with E-state index in [0.717, 1.165) is 24.0 Å². The van der Waals surface area contributed by atoms with Crippen LogP contribution in [0.5, 0.6) is 0 Å². The van der Waals surface area contributed by atoms with Crippen LogP contribution in [0.4, 0.5) is 0 Å². The van der Waals surface area contributed by atoms with E-state index in [1.807, 2.05) is 25.1 Å². The van der Waals surface area contributed by atoms with Gasteiger partial charge in [0.15, 0.2) is 0 Å². The Kier molecular flexibility index (Phi) is 4.32. The third kappa shape index (κ3) is 3.30. The minimum absolute atomic E-state index is 0.446. The first-order valence-electron chi connectivity index (χ1n) is 7.66. The Bertz CT molecular complexity index is 615. The van der Waals surface area contributed by atoms with Crippen LogP contribution in [0.1, 0.15) is 53.5 Å². The number of aliphatic hydroxyl groups is 1. The topological polar surface area (TPSA) is 20.2 Å². The molecule has 21 heavy (non-hydrogen) atoms. The summed E-state index contributed by atoms with van der Waals surface area (Å²) in [6.45, 7) is 2.01. The molecule has 110 valence electrons. The summed E-state index contributed by atoms with van der Waals surface area (Å²) >= 11 is 6.11. The van der Waals surface area contributed by atoms with Gasteiger partial charge in [0.1, 0.15) is 0 Å². The van der Waals surface area contributed by atoms with Crippen molar-refractivity contribution >= 4 is 11.6 Å². The second kappa shape index (κ2) is 6.21. The van der Waals surface area contributed by atoms with E-state index in [1.165, 1.54) is 24.0 Å². The Hall–Kier alpha value is -1.31. The lowest BCUT2D eigenvalue weighted by Gasteiger charge is -2.27. The summed E-state index contributed by atoms with van der Waals surface area (Å²) in [7, 11) is 0. The van der Waals surface area contributed by atoms with Gasteiger partial charge in [-0.05, 0) is 72.9 Å². The van der Waals surface area contributed by atoms with Gasteiger partial charge in [-0.2, -0.15) is 0 Å². The largest absolute Gasteiger partial charge is 0.388 e. The van der Waals surface area contributed by atoms with Crippen LogP contribution in [0.2, 0.25) is 5.02 Å². The van der Waals surface area contributed by atoms with Crippen LogP contribution >= 0.6 is 11.6 Å². The van der Waals surface area contributed by atoms with Crippen LogP contribution in [0.15, 0.2) is 42.5 Å². The quantitative estimate of drug-likeness (QED) is 0.827. The first-order valence-corrected chi connectivity index (χ1v) is 8.04. The molecule has 1 nitrogen and oxygen atoms in total. The van der Waals surface area contributed by atoms with Gasteiger partial charge in [-0.1, -0.05) is 41.9 Å². The highest BCUT2D eigenvalue weighted by Crippen LogP contribution is 2.38. The normalized spacial score (nSPS) is 19.1. The van der Waals surface area contributed by atoms with Crippen molar-refractivity contribution in [2.24, 2.45) is 0 Å². The van der Waals surface area contributed by atoms with E-state index in [2.05, 4.69) is 24.3 Å². The average Bonchev–Trinajstić information content (AvgIpc) is 2.46. The second-order valence-electron chi connectivity index (χ2n) is 6.10. The van der Waals surface area contributed by atoms with E-state index in [-0.39, 0.29) is 0 Å². The maximum atomic E-state index is 10.6. The third-order valence-corrected chi connectivity index (χ3v) is 4.67. The summed E-state index contributed by atoms with van der Waals surface area (Å²) in [6, 6.07) is 14.5. The van der Waals surface area contributed by atoms with Crippen LogP contribution in [0.3, 0.4) is 0 Å². The van der Waals surface area contributed by atoms with Gasteiger partial charge >= 0.3 is 0 Å². The molecule has 0 heterocycles. The number of aliphatic hydroxyl groups excluding tert-OH is 1. The fourth-order valence-electron chi connectivity index (χ4n) is 3.46. The minimum Gasteiger partial charge on any atom is -0.388 e. The number of aryl methyl sites for hydroxylation is 2. The Morgan fingerprint density at radius 2 is 2.05 bits per heavy atom. The van der Waals surface area contributed by atoms with E-state index < -0.39 is 6.10 Å². The fourth-order valence-corrected chi connectivity index (χ4v) is 3.76. The number of fused-ring (bicyclic) bond motifs is 1. The van der Waals surface area contributed by atoms with Crippen molar-refractivity contribution in [2.75, 3.05) is 0 Å². The molecule has 0 saturated heterocycles. The van der Waals surface area contributed by atoms with Gasteiger partial charge in [0.05, 0.1) is 6.10 Å². The molecule has 0 bridgehead atoms. The van der Waals surface area contributed by atoms with Gasteiger partial charge < -0.3 is 5.11 Å². The van der Waals surface area contributed by atoms with Crippen molar-refractivity contribution < 1.29 is 5.11 Å². The summed E-state index contributed by atoms with van der Waals surface area (Å²) in [4.78, 5) is 0. The van der Waals surface area contributed by atoms with Crippen LogP contribution in [0.25, 0.3) is 0 Å². The molecule has 1 aliphatic carbocycles. The summed E-state index contributed by atoms with van der Waals surface area (Å²) < 4.78 is 0. The predicted molar refractivity (Wildman–Crippen MR) is 87.9 cm³/mol. The molecular weight excluding hydrogens is 280 g/mol. The number of benzene rings is 2. The van der Waals surface area contributed by atoms with Gasteiger partial charge in [-0.15, -0.1) is 0 Å². The molecule has 2 aromatic rings. The molecule has 2 heteroatoms. The Morgan fingerprint density at radius 1 is 1.24 bits per heavy atom. The summed E-state index contributed by atoms with van der Waals surface area (Å²) in [6.07, 6.45) is 3.87. The van der Waals surface area contributed by atoms with Gasteiger partial charge in [0, 0.05) is 5.02 Å². The first kappa shape index (κ1) is 14.6. The summed E-state index contributed by atoms with van der Waals surface area (Å²) in [5, 5.41) is 11.3. The molecule has 3 rings (SSSR count). The zero-order valence-corrected chi connectivity index (χ0v) is 13.1. The molecule has 0 fully saturated rings. The average molecular weight is 301 g/mol. The lowest BCUT2D eigenvalue weighted by Crippen LogP contribution is -2.13. The zero-order chi connectivity index (χ0) is 14.8. The number of hydrogen-bond donors (Lipinski definition) is 1. The summed E-state index contributed by atoms with van der Waals surface area (Å²) in [5.41, 5.74) is 4.90. The number of halogens is 1. The Labute approximate surface area is 131 Å².